The van der Waals surface area contributed by atoms with Crippen molar-refractivity contribution < 1.29 is 22.7 Å². The van der Waals surface area contributed by atoms with E-state index in [0.717, 1.165) is 32.1 Å². The lowest BCUT2D eigenvalue weighted by Crippen LogP contribution is -2.08. The van der Waals surface area contributed by atoms with E-state index in [9.17, 15) is 8.78 Å². The van der Waals surface area contributed by atoms with Crippen molar-refractivity contribution in [1.82, 2.24) is 0 Å². The van der Waals surface area contributed by atoms with Crippen LogP contribution in [0.25, 0.3) is 21.9 Å². The molecule has 3 aromatic rings. The zero-order valence-electron chi connectivity index (χ0n) is 16.2. The minimum Gasteiger partial charge on any atom is -0.490 e. The van der Waals surface area contributed by atoms with Gasteiger partial charge in [0.25, 0.3) is 0 Å². The Hall–Kier alpha value is -2.30. The van der Waals surface area contributed by atoms with Gasteiger partial charge in [0.15, 0.2) is 22.7 Å². The first-order valence-corrected chi connectivity index (χ1v) is 10.3. The average Bonchev–Trinajstić information content (AvgIpc) is 3.35. The fourth-order valence-corrected chi connectivity index (χ4v) is 3.94. The van der Waals surface area contributed by atoms with Crippen LogP contribution < -0.4 is 9.47 Å². The Morgan fingerprint density at radius 3 is 2.11 bits per heavy atom. The first-order valence-electron chi connectivity index (χ1n) is 10.3. The van der Waals surface area contributed by atoms with Crippen LogP contribution in [-0.2, 0) is 0 Å². The van der Waals surface area contributed by atoms with Crippen LogP contribution in [0.1, 0.15) is 51.9 Å². The van der Waals surface area contributed by atoms with Crippen LogP contribution in [0.2, 0.25) is 0 Å². The van der Waals surface area contributed by atoms with Crippen LogP contribution in [0.5, 0.6) is 11.5 Å². The predicted molar refractivity (Wildman–Crippen MR) is 106 cm³/mol. The summed E-state index contributed by atoms with van der Waals surface area (Å²) in [5, 5.41) is 1.08. The van der Waals surface area contributed by atoms with Gasteiger partial charge >= 0.3 is 0 Å². The number of unbranched alkanes of at least 4 members (excludes halogenated alkanes) is 2. The van der Waals surface area contributed by atoms with Gasteiger partial charge in [-0.15, -0.1) is 0 Å². The molecule has 3 nitrogen and oxygen atoms in total. The Balaban J connectivity index is 1.60. The van der Waals surface area contributed by atoms with E-state index in [4.69, 9.17) is 13.9 Å². The summed E-state index contributed by atoms with van der Waals surface area (Å²) in [5.41, 5.74) is 0.0517. The smallest absolute Gasteiger partial charge is 0.208 e. The Labute approximate surface area is 163 Å². The lowest BCUT2D eigenvalue weighted by Gasteiger charge is -2.11. The van der Waals surface area contributed by atoms with Gasteiger partial charge in [-0.25, -0.2) is 0 Å². The molecule has 1 saturated carbocycles. The van der Waals surface area contributed by atoms with Crippen molar-refractivity contribution in [3.8, 4) is 11.5 Å². The number of fused-ring (bicyclic) bond motifs is 3. The van der Waals surface area contributed by atoms with Gasteiger partial charge in [0.05, 0.1) is 13.2 Å². The SMILES string of the molecule is CCCCCOc1ccc2c(oc3c(F)c(OCC4CCCC4)ccc32)c1F. The Bertz CT molecular complexity index is 958. The maximum Gasteiger partial charge on any atom is 0.208 e. The number of benzene rings is 2. The molecule has 1 aromatic heterocycles. The van der Waals surface area contributed by atoms with Gasteiger partial charge in [0.1, 0.15) is 0 Å². The summed E-state index contributed by atoms with van der Waals surface area (Å²) in [6, 6.07) is 6.64. The standard InChI is InChI=1S/C23H26F2O3/c1-2-3-6-13-26-18-11-9-16-17-10-12-19(27-14-15-7-4-5-8-15)21(25)23(17)28-22(16)20(18)24/h9-12,15H,2-8,13-14H2,1H3. The van der Waals surface area contributed by atoms with Gasteiger partial charge in [0.2, 0.25) is 11.6 Å². The lowest BCUT2D eigenvalue weighted by atomic mass is 10.1. The van der Waals surface area contributed by atoms with E-state index < -0.39 is 11.6 Å². The van der Waals surface area contributed by atoms with Crippen LogP contribution in [0.4, 0.5) is 8.78 Å². The molecule has 0 aliphatic heterocycles. The highest BCUT2D eigenvalue weighted by molar-refractivity contribution is 6.06. The topological polar surface area (TPSA) is 31.6 Å². The summed E-state index contributed by atoms with van der Waals surface area (Å²) in [4.78, 5) is 0. The zero-order valence-corrected chi connectivity index (χ0v) is 16.2. The van der Waals surface area contributed by atoms with Crippen molar-refractivity contribution in [2.45, 2.75) is 51.9 Å². The maximum absolute atomic E-state index is 14.9. The van der Waals surface area contributed by atoms with Gasteiger partial charge in [-0.05, 0) is 49.4 Å². The molecule has 150 valence electrons. The van der Waals surface area contributed by atoms with Crippen molar-refractivity contribution in [2.75, 3.05) is 13.2 Å². The molecule has 1 heterocycles. The molecule has 0 unspecified atom stereocenters. The van der Waals surface area contributed by atoms with Gasteiger partial charge in [-0.3, -0.25) is 0 Å². The molecule has 2 aromatic carbocycles. The number of rotatable bonds is 8. The second-order valence-electron chi connectivity index (χ2n) is 7.63. The largest absolute Gasteiger partial charge is 0.490 e. The highest BCUT2D eigenvalue weighted by atomic mass is 19.1. The van der Waals surface area contributed by atoms with Crippen molar-refractivity contribution in [1.29, 1.82) is 0 Å². The molecule has 0 bridgehead atoms. The fourth-order valence-electron chi connectivity index (χ4n) is 3.94. The van der Waals surface area contributed by atoms with Gasteiger partial charge in [-0.1, -0.05) is 32.6 Å². The van der Waals surface area contributed by atoms with E-state index in [-0.39, 0.29) is 22.7 Å². The van der Waals surface area contributed by atoms with E-state index in [1.165, 1.54) is 12.8 Å². The van der Waals surface area contributed by atoms with Crippen LogP contribution in [0.15, 0.2) is 28.7 Å². The molecule has 1 aliphatic rings. The highest BCUT2D eigenvalue weighted by Gasteiger charge is 2.21. The first kappa shape index (κ1) is 19.0. The summed E-state index contributed by atoms with van der Waals surface area (Å²) in [6.45, 7) is 3.05. The molecule has 0 atom stereocenters. The van der Waals surface area contributed by atoms with E-state index in [1.54, 1.807) is 24.3 Å². The van der Waals surface area contributed by atoms with Gasteiger partial charge in [0, 0.05) is 10.8 Å². The quantitative estimate of drug-likeness (QED) is 0.389. The monoisotopic (exact) mass is 388 g/mol. The third-order valence-electron chi connectivity index (χ3n) is 5.57. The normalized spacial score (nSPS) is 15.0. The van der Waals surface area contributed by atoms with Gasteiger partial charge in [-0.2, -0.15) is 8.78 Å². The van der Waals surface area contributed by atoms with Crippen LogP contribution in [0.3, 0.4) is 0 Å². The number of hydrogen-bond donors (Lipinski definition) is 0. The highest BCUT2D eigenvalue weighted by Crippen LogP contribution is 2.38. The number of hydrogen-bond acceptors (Lipinski definition) is 3. The van der Waals surface area contributed by atoms with Crippen molar-refractivity contribution in [2.24, 2.45) is 5.92 Å². The molecule has 0 saturated heterocycles. The number of halogens is 2. The average molecular weight is 388 g/mol. The second-order valence-corrected chi connectivity index (χ2v) is 7.63. The molecule has 0 N–H and O–H groups in total. The van der Waals surface area contributed by atoms with Crippen molar-refractivity contribution in [3.05, 3.63) is 35.9 Å². The fraction of sp³-hybridized carbons (Fsp3) is 0.478. The van der Waals surface area contributed by atoms with E-state index in [0.29, 0.717) is 29.9 Å². The first-order chi connectivity index (χ1) is 13.7. The van der Waals surface area contributed by atoms with Crippen LogP contribution >= 0.6 is 0 Å². The van der Waals surface area contributed by atoms with Crippen molar-refractivity contribution >= 4 is 21.9 Å². The van der Waals surface area contributed by atoms with E-state index in [2.05, 4.69) is 6.92 Å². The second kappa shape index (κ2) is 8.38. The van der Waals surface area contributed by atoms with E-state index in [1.807, 2.05) is 0 Å². The van der Waals surface area contributed by atoms with Crippen molar-refractivity contribution in [3.63, 3.8) is 0 Å². The molecular formula is C23H26F2O3. The summed E-state index contributed by atoms with van der Waals surface area (Å²) < 4.78 is 46.6. The summed E-state index contributed by atoms with van der Waals surface area (Å²) in [5.74, 6) is -0.374. The Morgan fingerprint density at radius 2 is 1.50 bits per heavy atom. The van der Waals surface area contributed by atoms with Gasteiger partial charge < -0.3 is 13.9 Å². The molecule has 5 heteroatoms. The van der Waals surface area contributed by atoms with E-state index >= 15 is 0 Å². The number of furan rings is 1. The molecule has 0 amide bonds. The summed E-state index contributed by atoms with van der Waals surface area (Å²) in [7, 11) is 0. The Kier molecular flexibility index (Phi) is 5.69. The Morgan fingerprint density at radius 1 is 0.893 bits per heavy atom. The summed E-state index contributed by atoms with van der Waals surface area (Å²) in [6.07, 6.45) is 7.64. The number of ether oxygens (including phenoxy) is 2. The third-order valence-corrected chi connectivity index (χ3v) is 5.57. The molecule has 0 spiro atoms. The predicted octanol–water partition coefficient (Wildman–Crippen LogP) is 7.00. The zero-order chi connectivity index (χ0) is 19.5. The van der Waals surface area contributed by atoms with Crippen LogP contribution in [0, 0.1) is 17.6 Å². The molecule has 4 rings (SSSR count). The molecule has 0 radical (unpaired) electrons. The summed E-state index contributed by atoms with van der Waals surface area (Å²) >= 11 is 0. The minimum atomic E-state index is -0.585. The molecule has 1 fully saturated rings. The maximum atomic E-state index is 14.9. The molecule has 1 aliphatic carbocycles. The third kappa shape index (κ3) is 3.67. The van der Waals surface area contributed by atoms with Crippen LogP contribution in [-0.4, -0.2) is 13.2 Å². The lowest BCUT2D eigenvalue weighted by molar-refractivity contribution is 0.242. The molecular weight excluding hydrogens is 362 g/mol. The molecule has 28 heavy (non-hydrogen) atoms. The minimum absolute atomic E-state index is 0.0230.